The number of nitrogen functional groups attached to an aromatic ring is 1. The summed E-state index contributed by atoms with van der Waals surface area (Å²) in [5, 5.41) is 10.5. The fourth-order valence-corrected chi connectivity index (χ4v) is 1.76. The van der Waals surface area contributed by atoms with E-state index >= 15 is 0 Å². The van der Waals surface area contributed by atoms with Gasteiger partial charge in [-0.05, 0) is 13.3 Å². The summed E-state index contributed by atoms with van der Waals surface area (Å²) in [4.78, 5) is 8.44. The first-order valence-corrected chi connectivity index (χ1v) is 6.25. The predicted molar refractivity (Wildman–Crippen MR) is 76.5 cm³/mol. The van der Waals surface area contributed by atoms with Crippen molar-refractivity contribution in [2.75, 3.05) is 23.4 Å². The molecule has 2 aromatic rings. The van der Waals surface area contributed by atoms with Gasteiger partial charge in [0.2, 0.25) is 5.95 Å². The van der Waals surface area contributed by atoms with E-state index in [1.165, 1.54) is 0 Å². The number of rotatable bonds is 5. The van der Waals surface area contributed by atoms with Gasteiger partial charge in [0.05, 0.1) is 23.3 Å². The van der Waals surface area contributed by atoms with Gasteiger partial charge < -0.3 is 16.4 Å². The summed E-state index contributed by atoms with van der Waals surface area (Å²) in [7, 11) is 1.77. The van der Waals surface area contributed by atoms with Crippen molar-refractivity contribution in [3.05, 3.63) is 18.1 Å². The fraction of sp³-hybridized carbons (Fsp3) is 0.417. The summed E-state index contributed by atoms with van der Waals surface area (Å²) in [5.41, 5.74) is 8.07. The molecule has 0 aliphatic heterocycles. The second-order valence-electron chi connectivity index (χ2n) is 4.26. The first-order chi connectivity index (χ1) is 9.13. The minimum absolute atomic E-state index is 0.498. The van der Waals surface area contributed by atoms with E-state index in [-0.39, 0.29) is 0 Å². The summed E-state index contributed by atoms with van der Waals surface area (Å²) < 4.78 is 1.91. The van der Waals surface area contributed by atoms with Crippen molar-refractivity contribution in [2.24, 2.45) is 0 Å². The molecule has 19 heavy (non-hydrogen) atoms. The summed E-state index contributed by atoms with van der Waals surface area (Å²) in [6, 6.07) is 0. The van der Waals surface area contributed by atoms with Crippen LogP contribution in [0, 0.1) is 6.92 Å². The molecule has 0 unspecified atom stereocenters. The number of nitrogens with two attached hydrogens (primary N) is 1. The highest BCUT2D eigenvalue weighted by Gasteiger charge is 2.08. The summed E-state index contributed by atoms with van der Waals surface area (Å²) in [5.74, 6) is 1.11. The van der Waals surface area contributed by atoms with Gasteiger partial charge in [0, 0.05) is 19.8 Å². The number of hydrogen-bond acceptors (Lipinski definition) is 6. The zero-order chi connectivity index (χ0) is 13.8. The highest BCUT2D eigenvalue weighted by molar-refractivity contribution is 5.63. The molecule has 0 saturated heterocycles. The van der Waals surface area contributed by atoms with Gasteiger partial charge in [-0.2, -0.15) is 10.1 Å². The van der Waals surface area contributed by atoms with E-state index in [1.54, 1.807) is 13.2 Å². The normalized spacial score (nSPS) is 10.5. The molecule has 2 aromatic heterocycles. The van der Waals surface area contributed by atoms with E-state index in [0.717, 1.165) is 24.3 Å². The first kappa shape index (κ1) is 13.1. The number of hydrogen-bond donors (Lipinski definition) is 3. The molecule has 102 valence electrons. The van der Waals surface area contributed by atoms with E-state index in [4.69, 9.17) is 5.73 Å². The Morgan fingerprint density at radius 3 is 2.89 bits per heavy atom. The topological polar surface area (TPSA) is 93.7 Å². The van der Waals surface area contributed by atoms with Gasteiger partial charge in [0.25, 0.3) is 0 Å². The minimum Gasteiger partial charge on any atom is -0.394 e. The summed E-state index contributed by atoms with van der Waals surface area (Å²) in [6.45, 7) is 4.96. The van der Waals surface area contributed by atoms with Gasteiger partial charge in [-0.15, -0.1) is 0 Å². The Balaban J connectivity index is 2.20. The zero-order valence-corrected chi connectivity index (χ0v) is 11.4. The molecule has 0 bridgehead atoms. The molecule has 0 saturated carbocycles. The predicted octanol–water partition coefficient (Wildman–Crippen LogP) is 1.76. The monoisotopic (exact) mass is 261 g/mol. The van der Waals surface area contributed by atoms with Crippen molar-refractivity contribution in [1.29, 1.82) is 0 Å². The lowest BCUT2D eigenvalue weighted by atomic mass is 10.4. The van der Waals surface area contributed by atoms with Crippen LogP contribution in [0.2, 0.25) is 0 Å². The van der Waals surface area contributed by atoms with Crippen LogP contribution < -0.4 is 16.4 Å². The molecule has 7 heteroatoms. The number of aromatic nitrogens is 4. The van der Waals surface area contributed by atoms with Crippen LogP contribution in [-0.2, 0) is 6.54 Å². The Hall–Kier alpha value is -2.31. The van der Waals surface area contributed by atoms with Crippen LogP contribution in [0.15, 0.2) is 12.4 Å². The van der Waals surface area contributed by atoms with Crippen LogP contribution in [0.25, 0.3) is 0 Å². The molecule has 0 aliphatic rings. The molecule has 0 aromatic carbocycles. The van der Waals surface area contributed by atoms with Crippen molar-refractivity contribution in [3.8, 4) is 0 Å². The second-order valence-corrected chi connectivity index (χ2v) is 4.26. The van der Waals surface area contributed by atoms with Crippen molar-refractivity contribution in [2.45, 2.75) is 26.8 Å². The maximum atomic E-state index is 5.74. The molecule has 0 atom stereocenters. The number of nitrogens with one attached hydrogen (secondary N) is 2. The Kier molecular flexibility index (Phi) is 3.84. The molecule has 0 amide bonds. The van der Waals surface area contributed by atoms with Gasteiger partial charge in [-0.1, -0.05) is 6.92 Å². The van der Waals surface area contributed by atoms with E-state index in [1.807, 2.05) is 17.8 Å². The lowest BCUT2D eigenvalue weighted by molar-refractivity contribution is 0.598. The molecule has 0 fully saturated rings. The molecule has 0 spiro atoms. The van der Waals surface area contributed by atoms with Crippen LogP contribution >= 0.6 is 0 Å². The molecule has 0 aliphatic carbocycles. The Labute approximate surface area is 112 Å². The van der Waals surface area contributed by atoms with Crippen LogP contribution in [0.3, 0.4) is 0 Å². The molecule has 2 heterocycles. The average Bonchev–Trinajstić information content (AvgIpc) is 2.72. The first-order valence-electron chi connectivity index (χ1n) is 6.25. The number of nitrogens with zero attached hydrogens (tertiary/aromatic N) is 4. The van der Waals surface area contributed by atoms with Crippen molar-refractivity contribution >= 4 is 23.1 Å². The van der Waals surface area contributed by atoms with Gasteiger partial charge in [0.15, 0.2) is 5.82 Å². The van der Waals surface area contributed by atoms with Crippen LogP contribution in [-0.4, -0.2) is 26.8 Å². The third-order valence-electron chi connectivity index (χ3n) is 2.70. The maximum absolute atomic E-state index is 5.74. The molecular formula is C12H19N7. The highest BCUT2D eigenvalue weighted by atomic mass is 15.3. The zero-order valence-electron chi connectivity index (χ0n) is 11.4. The second kappa shape index (κ2) is 5.55. The number of anilines is 4. The summed E-state index contributed by atoms with van der Waals surface area (Å²) in [6.07, 6.45) is 4.58. The SMILES string of the molecule is CCCn1cc(Nc2ncc(N)c(NC)n2)c(C)n1. The standard InChI is InChI=1S/C12H19N7/c1-4-5-19-7-10(8(2)18-19)16-12-15-6-9(13)11(14-3)17-12/h6-7H,4-5,13H2,1-3H3,(H2,14,15,16,17). The van der Waals surface area contributed by atoms with Crippen LogP contribution in [0.4, 0.5) is 23.1 Å². The van der Waals surface area contributed by atoms with E-state index in [9.17, 15) is 0 Å². The molecule has 2 rings (SSSR count). The lowest BCUT2D eigenvalue weighted by Crippen LogP contribution is -2.04. The minimum atomic E-state index is 0.498. The van der Waals surface area contributed by atoms with E-state index in [2.05, 4.69) is 32.6 Å². The van der Waals surface area contributed by atoms with Crippen LogP contribution in [0.1, 0.15) is 19.0 Å². The van der Waals surface area contributed by atoms with Gasteiger partial charge in [-0.25, -0.2) is 4.98 Å². The van der Waals surface area contributed by atoms with Gasteiger partial charge in [-0.3, -0.25) is 4.68 Å². The average molecular weight is 261 g/mol. The largest absolute Gasteiger partial charge is 0.394 e. The molecule has 7 nitrogen and oxygen atoms in total. The summed E-state index contributed by atoms with van der Waals surface area (Å²) >= 11 is 0. The molecular weight excluding hydrogens is 242 g/mol. The lowest BCUT2D eigenvalue weighted by Gasteiger charge is -2.07. The van der Waals surface area contributed by atoms with Gasteiger partial charge in [0.1, 0.15) is 0 Å². The van der Waals surface area contributed by atoms with Crippen molar-refractivity contribution in [3.63, 3.8) is 0 Å². The highest BCUT2D eigenvalue weighted by Crippen LogP contribution is 2.20. The van der Waals surface area contributed by atoms with E-state index < -0.39 is 0 Å². The maximum Gasteiger partial charge on any atom is 0.229 e. The van der Waals surface area contributed by atoms with E-state index in [0.29, 0.717) is 17.5 Å². The van der Waals surface area contributed by atoms with Gasteiger partial charge >= 0.3 is 0 Å². The quantitative estimate of drug-likeness (QED) is 0.759. The smallest absolute Gasteiger partial charge is 0.229 e. The molecule has 4 N–H and O–H groups in total. The molecule has 0 radical (unpaired) electrons. The fourth-order valence-electron chi connectivity index (χ4n) is 1.76. The van der Waals surface area contributed by atoms with Crippen molar-refractivity contribution < 1.29 is 0 Å². The Morgan fingerprint density at radius 2 is 2.21 bits per heavy atom. The van der Waals surface area contributed by atoms with Crippen molar-refractivity contribution in [1.82, 2.24) is 19.7 Å². The number of aryl methyl sites for hydroxylation is 2. The Bertz CT molecular complexity index is 561. The third-order valence-corrected chi connectivity index (χ3v) is 2.70. The van der Waals surface area contributed by atoms with Crippen LogP contribution in [0.5, 0.6) is 0 Å². The third kappa shape index (κ3) is 2.93. The Morgan fingerprint density at radius 1 is 1.42 bits per heavy atom.